The molecule has 3 rings (SSSR count). The first-order valence-corrected chi connectivity index (χ1v) is 7.10. The second-order valence-corrected chi connectivity index (χ2v) is 5.16. The maximum absolute atomic E-state index is 5.83. The summed E-state index contributed by atoms with van der Waals surface area (Å²) < 4.78 is 0. The van der Waals surface area contributed by atoms with Gasteiger partial charge in [0.2, 0.25) is 17.8 Å². The van der Waals surface area contributed by atoms with Gasteiger partial charge in [0.1, 0.15) is 0 Å². The highest BCUT2D eigenvalue weighted by molar-refractivity contribution is 5.43. The van der Waals surface area contributed by atoms with Crippen molar-refractivity contribution in [2.24, 2.45) is 0 Å². The third kappa shape index (κ3) is 3.18. The van der Waals surface area contributed by atoms with Gasteiger partial charge in [-0.25, -0.2) is 0 Å². The summed E-state index contributed by atoms with van der Waals surface area (Å²) in [5.74, 6) is 1.51. The third-order valence-corrected chi connectivity index (χ3v) is 3.48. The van der Waals surface area contributed by atoms with E-state index in [-0.39, 0.29) is 5.95 Å². The van der Waals surface area contributed by atoms with Gasteiger partial charge in [-0.05, 0) is 25.0 Å². The van der Waals surface area contributed by atoms with Crippen LogP contribution in [-0.4, -0.2) is 40.1 Å². The van der Waals surface area contributed by atoms with Gasteiger partial charge in [-0.3, -0.25) is 4.98 Å². The van der Waals surface area contributed by atoms with Gasteiger partial charge in [-0.2, -0.15) is 15.0 Å². The standard InChI is InChI=1S/C14H19N7/c1-20(10-11-6-2-3-7-16-11)13-17-12(15)18-14(19-13)21-8-4-5-9-21/h2-3,6-7H,4-5,8-10H2,1H3,(H2,15,17,18,19). The molecule has 0 spiro atoms. The van der Waals surface area contributed by atoms with E-state index < -0.39 is 0 Å². The molecule has 0 saturated carbocycles. The van der Waals surface area contributed by atoms with Gasteiger partial charge in [0.25, 0.3) is 0 Å². The molecular formula is C14H19N7. The second kappa shape index (κ2) is 5.90. The first-order chi connectivity index (χ1) is 10.2. The van der Waals surface area contributed by atoms with Crippen LogP contribution in [0, 0.1) is 0 Å². The van der Waals surface area contributed by atoms with Crippen molar-refractivity contribution in [2.75, 3.05) is 35.7 Å². The molecule has 2 aromatic rings. The molecule has 7 nitrogen and oxygen atoms in total. The smallest absolute Gasteiger partial charge is 0.232 e. The predicted molar refractivity (Wildman–Crippen MR) is 82.0 cm³/mol. The van der Waals surface area contributed by atoms with Crippen LogP contribution in [0.3, 0.4) is 0 Å². The lowest BCUT2D eigenvalue weighted by molar-refractivity contribution is 0.815. The van der Waals surface area contributed by atoms with E-state index in [2.05, 4.69) is 24.8 Å². The van der Waals surface area contributed by atoms with Crippen molar-refractivity contribution >= 4 is 17.8 Å². The number of hydrogen-bond donors (Lipinski definition) is 1. The van der Waals surface area contributed by atoms with Crippen LogP contribution < -0.4 is 15.5 Å². The average molecular weight is 285 g/mol. The van der Waals surface area contributed by atoms with Gasteiger partial charge < -0.3 is 15.5 Å². The average Bonchev–Trinajstić information content (AvgIpc) is 3.02. The topological polar surface area (TPSA) is 84.1 Å². The van der Waals surface area contributed by atoms with Crippen LogP contribution in [0.15, 0.2) is 24.4 Å². The van der Waals surface area contributed by atoms with E-state index in [0.29, 0.717) is 18.4 Å². The molecule has 21 heavy (non-hydrogen) atoms. The summed E-state index contributed by atoms with van der Waals surface area (Å²) in [6.45, 7) is 2.59. The molecular weight excluding hydrogens is 266 g/mol. The monoisotopic (exact) mass is 285 g/mol. The fourth-order valence-electron chi connectivity index (χ4n) is 2.40. The van der Waals surface area contributed by atoms with E-state index in [1.54, 1.807) is 6.20 Å². The Morgan fingerprint density at radius 2 is 2.00 bits per heavy atom. The molecule has 1 aliphatic rings. The fraction of sp³-hybridized carbons (Fsp3) is 0.429. The quantitative estimate of drug-likeness (QED) is 0.900. The first kappa shape index (κ1) is 13.5. The summed E-state index contributed by atoms with van der Waals surface area (Å²) in [5, 5.41) is 0. The maximum atomic E-state index is 5.83. The number of aromatic nitrogens is 4. The normalized spacial score (nSPS) is 14.4. The zero-order chi connectivity index (χ0) is 14.7. The van der Waals surface area contributed by atoms with E-state index in [1.165, 1.54) is 12.8 Å². The Balaban J connectivity index is 1.80. The number of nitrogens with two attached hydrogens (primary N) is 1. The van der Waals surface area contributed by atoms with Crippen molar-refractivity contribution in [3.05, 3.63) is 30.1 Å². The van der Waals surface area contributed by atoms with Crippen molar-refractivity contribution < 1.29 is 0 Å². The van der Waals surface area contributed by atoms with Gasteiger partial charge >= 0.3 is 0 Å². The van der Waals surface area contributed by atoms with Gasteiger partial charge in [0, 0.05) is 26.3 Å². The Bertz CT molecular complexity index is 596. The zero-order valence-corrected chi connectivity index (χ0v) is 12.1. The number of nitrogens with zero attached hydrogens (tertiary/aromatic N) is 6. The molecule has 3 heterocycles. The summed E-state index contributed by atoms with van der Waals surface area (Å²) in [4.78, 5) is 21.4. The summed E-state index contributed by atoms with van der Waals surface area (Å²) >= 11 is 0. The molecule has 1 saturated heterocycles. The van der Waals surface area contributed by atoms with Gasteiger partial charge in [0.15, 0.2) is 0 Å². The Morgan fingerprint density at radius 1 is 1.19 bits per heavy atom. The van der Waals surface area contributed by atoms with E-state index in [1.807, 2.05) is 30.1 Å². The summed E-state index contributed by atoms with van der Waals surface area (Å²) in [5.41, 5.74) is 6.79. The third-order valence-electron chi connectivity index (χ3n) is 3.48. The molecule has 110 valence electrons. The second-order valence-electron chi connectivity index (χ2n) is 5.16. The molecule has 0 unspecified atom stereocenters. The van der Waals surface area contributed by atoms with Crippen LogP contribution in [0.5, 0.6) is 0 Å². The van der Waals surface area contributed by atoms with Crippen LogP contribution in [0.2, 0.25) is 0 Å². The molecule has 0 radical (unpaired) electrons. The van der Waals surface area contributed by atoms with E-state index in [4.69, 9.17) is 5.73 Å². The lowest BCUT2D eigenvalue weighted by Gasteiger charge is -2.20. The van der Waals surface area contributed by atoms with Crippen molar-refractivity contribution in [2.45, 2.75) is 19.4 Å². The molecule has 1 fully saturated rings. The fourth-order valence-corrected chi connectivity index (χ4v) is 2.40. The number of pyridine rings is 1. The van der Waals surface area contributed by atoms with Gasteiger partial charge in [0.05, 0.1) is 12.2 Å². The van der Waals surface area contributed by atoms with E-state index in [0.717, 1.165) is 18.8 Å². The molecule has 2 N–H and O–H groups in total. The van der Waals surface area contributed by atoms with Gasteiger partial charge in [-0.15, -0.1) is 0 Å². The predicted octanol–water partition coefficient (Wildman–Crippen LogP) is 1.09. The van der Waals surface area contributed by atoms with E-state index >= 15 is 0 Å². The lowest BCUT2D eigenvalue weighted by Crippen LogP contribution is -2.25. The summed E-state index contributed by atoms with van der Waals surface area (Å²) in [7, 11) is 1.93. The maximum Gasteiger partial charge on any atom is 0.232 e. The minimum absolute atomic E-state index is 0.259. The Kier molecular flexibility index (Phi) is 3.81. The largest absolute Gasteiger partial charge is 0.368 e. The Morgan fingerprint density at radius 3 is 2.71 bits per heavy atom. The molecule has 7 heteroatoms. The van der Waals surface area contributed by atoms with Crippen molar-refractivity contribution in [3.63, 3.8) is 0 Å². The molecule has 0 bridgehead atoms. The van der Waals surface area contributed by atoms with Crippen LogP contribution in [0.4, 0.5) is 17.8 Å². The molecule has 1 aliphatic heterocycles. The number of hydrogen-bond acceptors (Lipinski definition) is 7. The Hall–Kier alpha value is -2.44. The van der Waals surface area contributed by atoms with Crippen LogP contribution in [0.25, 0.3) is 0 Å². The zero-order valence-electron chi connectivity index (χ0n) is 12.1. The molecule has 0 aromatic carbocycles. The minimum Gasteiger partial charge on any atom is -0.368 e. The molecule has 0 atom stereocenters. The minimum atomic E-state index is 0.259. The van der Waals surface area contributed by atoms with Crippen molar-refractivity contribution in [3.8, 4) is 0 Å². The SMILES string of the molecule is CN(Cc1ccccn1)c1nc(N)nc(N2CCCC2)n1. The van der Waals surface area contributed by atoms with E-state index in [9.17, 15) is 0 Å². The number of rotatable bonds is 4. The highest BCUT2D eigenvalue weighted by atomic mass is 15.3. The Labute approximate surface area is 123 Å². The van der Waals surface area contributed by atoms with Crippen LogP contribution >= 0.6 is 0 Å². The number of nitrogen functional groups attached to an aromatic ring is 1. The van der Waals surface area contributed by atoms with Crippen molar-refractivity contribution in [1.29, 1.82) is 0 Å². The molecule has 0 aliphatic carbocycles. The van der Waals surface area contributed by atoms with Crippen LogP contribution in [-0.2, 0) is 6.54 Å². The van der Waals surface area contributed by atoms with Gasteiger partial charge in [-0.1, -0.05) is 6.07 Å². The highest BCUT2D eigenvalue weighted by Gasteiger charge is 2.18. The van der Waals surface area contributed by atoms with Crippen molar-refractivity contribution in [1.82, 2.24) is 19.9 Å². The summed E-state index contributed by atoms with van der Waals surface area (Å²) in [6, 6.07) is 5.84. The molecule has 2 aromatic heterocycles. The summed E-state index contributed by atoms with van der Waals surface area (Å²) in [6.07, 6.45) is 4.12. The highest BCUT2D eigenvalue weighted by Crippen LogP contribution is 2.19. The first-order valence-electron chi connectivity index (χ1n) is 7.10. The lowest BCUT2D eigenvalue weighted by atomic mass is 10.3. The number of anilines is 3. The van der Waals surface area contributed by atoms with Crippen LogP contribution in [0.1, 0.15) is 18.5 Å². The molecule has 0 amide bonds.